The second-order valence-electron chi connectivity index (χ2n) is 5.67. The molecule has 1 aliphatic heterocycles. The van der Waals surface area contributed by atoms with Crippen LogP contribution in [0.25, 0.3) is 0 Å². The van der Waals surface area contributed by atoms with Gasteiger partial charge in [-0.25, -0.2) is 5.01 Å². The van der Waals surface area contributed by atoms with Crippen LogP contribution in [0.4, 0.5) is 0 Å². The quantitative estimate of drug-likeness (QED) is 0.724. The molecule has 24 heavy (non-hydrogen) atoms. The number of amides is 1. The van der Waals surface area contributed by atoms with Gasteiger partial charge >= 0.3 is 0 Å². The van der Waals surface area contributed by atoms with E-state index in [2.05, 4.69) is 5.10 Å². The number of carbonyl (C=O) groups is 1. The maximum atomic E-state index is 12.9. The molecule has 1 atom stereocenters. The summed E-state index contributed by atoms with van der Waals surface area (Å²) in [5, 5.41) is 6.14. The molecule has 0 radical (unpaired) electrons. The van der Waals surface area contributed by atoms with E-state index in [1.807, 2.05) is 72.8 Å². The number of hydrazone groups is 1. The first-order chi connectivity index (χ1) is 11.8. The summed E-state index contributed by atoms with van der Waals surface area (Å²) in [4.78, 5) is 12.9. The molecule has 4 heteroatoms. The largest absolute Gasteiger partial charge is 0.463 e. The Labute approximate surface area is 140 Å². The van der Waals surface area contributed by atoms with Gasteiger partial charge in [0.2, 0.25) is 0 Å². The van der Waals surface area contributed by atoms with Crippen molar-refractivity contribution < 1.29 is 9.21 Å². The third kappa shape index (κ3) is 2.63. The van der Waals surface area contributed by atoms with Crippen molar-refractivity contribution >= 4 is 11.6 Å². The van der Waals surface area contributed by atoms with Crippen molar-refractivity contribution in [1.82, 2.24) is 5.01 Å². The van der Waals surface area contributed by atoms with Crippen LogP contribution in [0.3, 0.4) is 0 Å². The van der Waals surface area contributed by atoms with Gasteiger partial charge in [0.1, 0.15) is 11.5 Å². The Morgan fingerprint density at radius 3 is 2.33 bits per heavy atom. The van der Waals surface area contributed by atoms with Gasteiger partial charge in [-0.15, -0.1) is 0 Å². The van der Waals surface area contributed by atoms with Crippen LogP contribution < -0.4 is 0 Å². The van der Waals surface area contributed by atoms with Gasteiger partial charge in [-0.05, 0) is 29.8 Å². The predicted octanol–water partition coefficient (Wildman–Crippen LogP) is 4.27. The Morgan fingerprint density at radius 1 is 0.958 bits per heavy atom. The van der Waals surface area contributed by atoms with Crippen molar-refractivity contribution in [2.75, 3.05) is 0 Å². The first-order valence-corrected chi connectivity index (χ1v) is 7.88. The first kappa shape index (κ1) is 14.5. The van der Waals surface area contributed by atoms with Crippen LogP contribution in [-0.2, 0) is 0 Å². The molecule has 0 N–H and O–H groups in total. The van der Waals surface area contributed by atoms with E-state index >= 15 is 0 Å². The Kier molecular flexibility index (Phi) is 3.71. The molecule has 0 saturated carbocycles. The molecular weight excluding hydrogens is 300 g/mol. The summed E-state index contributed by atoms with van der Waals surface area (Å²) in [5.74, 6) is 0.602. The molecule has 0 saturated heterocycles. The van der Waals surface area contributed by atoms with Gasteiger partial charge in [-0.2, -0.15) is 5.10 Å². The molecular formula is C20H16N2O2. The summed E-state index contributed by atoms with van der Waals surface area (Å²) in [5.41, 5.74) is 2.48. The molecule has 0 bridgehead atoms. The summed E-state index contributed by atoms with van der Waals surface area (Å²) in [6.07, 6.45) is 2.26. The highest BCUT2D eigenvalue weighted by molar-refractivity contribution is 6.03. The number of hydrogen-bond acceptors (Lipinski definition) is 3. The highest BCUT2D eigenvalue weighted by atomic mass is 16.3. The second kappa shape index (κ2) is 6.16. The van der Waals surface area contributed by atoms with Crippen LogP contribution in [0.1, 0.15) is 34.1 Å². The molecule has 1 aromatic heterocycles. The molecule has 3 aromatic rings. The average molecular weight is 316 g/mol. The minimum absolute atomic E-state index is 0.106. The smallest absolute Gasteiger partial charge is 0.274 e. The summed E-state index contributed by atoms with van der Waals surface area (Å²) in [6, 6.07) is 22.8. The number of hydrogen-bond donors (Lipinski definition) is 0. The van der Waals surface area contributed by atoms with Gasteiger partial charge in [0.05, 0.1) is 12.3 Å². The highest BCUT2D eigenvalue weighted by Gasteiger charge is 2.34. The SMILES string of the molecule is O=C(c1ccccc1)N1N=C(c2ccco2)C[C@H]1c1ccccc1. The minimum atomic E-state index is -0.126. The summed E-state index contributed by atoms with van der Waals surface area (Å²) in [6.45, 7) is 0. The zero-order valence-electron chi connectivity index (χ0n) is 13.0. The van der Waals surface area contributed by atoms with Crippen molar-refractivity contribution in [2.24, 2.45) is 5.10 Å². The second-order valence-corrected chi connectivity index (χ2v) is 5.67. The fraction of sp³-hybridized carbons (Fsp3) is 0.100. The van der Waals surface area contributed by atoms with E-state index < -0.39 is 0 Å². The Morgan fingerprint density at radius 2 is 1.67 bits per heavy atom. The molecule has 0 spiro atoms. The third-order valence-electron chi connectivity index (χ3n) is 4.13. The zero-order chi connectivity index (χ0) is 16.4. The predicted molar refractivity (Wildman–Crippen MR) is 91.7 cm³/mol. The average Bonchev–Trinajstić information content (AvgIpc) is 3.32. The van der Waals surface area contributed by atoms with Crippen molar-refractivity contribution in [3.63, 3.8) is 0 Å². The van der Waals surface area contributed by atoms with Gasteiger partial charge in [-0.1, -0.05) is 48.5 Å². The number of furan rings is 1. The Balaban J connectivity index is 1.72. The molecule has 2 heterocycles. The van der Waals surface area contributed by atoms with E-state index in [0.29, 0.717) is 17.7 Å². The minimum Gasteiger partial charge on any atom is -0.463 e. The normalized spacial score (nSPS) is 16.9. The van der Waals surface area contributed by atoms with Crippen molar-refractivity contribution in [3.8, 4) is 0 Å². The molecule has 4 nitrogen and oxygen atoms in total. The molecule has 2 aromatic carbocycles. The van der Waals surface area contributed by atoms with Gasteiger partial charge in [-0.3, -0.25) is 4.79 Å². The van der Waals surface area contributed by atoms with E-state index in [1.54, 1.807) is 11.3 Å². The van der Waals surface area contributed by atoms with E-state index in [9.17, 15) is 4.79 Å². The van der Waals surface area contributed by atoms with E-state index in [0.717, 1.165) is 11.3 Å². The highest BCUT2D eigenvalue weighted by Crippen LogP contribution is 2.33. The van der Waals surface area contributed by atoms with Crippen molar-refractivity contribution in [2.45, 2.75) is 12.5 Å². The lowest BCUT2D eigenvalue weighted by Crippen LogP contribution is -2.27. The van der Waals surface area contributed by atoms with Crippen LogP contribution in [0.2, 0.25) is 0 Å². The van der Waals surface area contributed by atoms with E-state index in [-0.39, 0.29) is 11.9 Å². The summed E-state index contributed by atoms with van der Waals surface area (Å²) >= 11 is 0. The van der Waals surface area contributed by atoms with E-state index in [1.165, 1.54) is 0 Å². The lowest BCUT2D eigenvalue weighted by atomic mass is 10.0. The molecule has 118 valence electrons. The number of benzene rings is 2. The van der Waals surface area contributed by atoms with Crippen LogP contribution in [0.15, 0.2) is 88.6 Å². The fourth-order valence-electron chi connectivity index (χ4n) is 2.94. The van der Waals surface area contributed by atoms with Crippen LogP contribution in [0.5, 0.6) is 0 Å². The van der Waals surface area contributed by atoms with Crippen LogP contribution in [0, 0.1) is 0 Å². The van der Waals surface area contributed by atoms with Gasteiger partial charge in [0.15, 0.2) is 0 Å². The topological polar surface area (TPSA) is 45.8 Å². The fourth-order valence-corrected chi connectivity index (χ4v) is 2.94. The maximum Gasteiger partial charge on any atom is 0.274 e. The van der Waals surface area contributed by atoms with Gasteiger partial charge < -0.3 is 4.42 Å². The summed E-state index contributed by atoms with van der Waals surface area (Å²) < 4.78 is 5.47. The van der Waals surface area contributed by atoms with E-state index in [4.69, 9.17) is 4.42 Å². The molecule has 0 fully saturated rings. The standard InChI is InChI=1S/C20H16N2O2/c23-20(16-10-5-2-6-11-16)22-18(15-8-3-1-4-9-15)14-17(21-22)19-12-7-13-24-19/h1-13,18H,14H2/t18-/m0/s1. The molecule has 1 aliphatic rings. The zero-order valence-corrected chi connectivity index (χ0v) is 13.0. The molecule has 1 amide bonds. The van der Waals surface area contributed by atoms with Gasteiger partial charge in [0, 0.05) is 12.0 Å². The number of carbonyl (C=O) groups excluding carboxylic acids is 1. The lowest BCUT2D eigenvalue weighted by Gasteiger charge is -2.22. The first-order valence-electron chi connectivity index (χ1n) is 7.88. The number of nitrogens with zero attached hydrogens (tertiary/aromatic N) is 2. The van der Waals surface area contributed by atoms with Gasteiger partial charge in [0.25, 0.3) is 5.91 Å². The molecule has 0 aliphatic carbocycles. The van der Waals surface area contributed by atoms with Crippen molar-refractivity contribution in [3.05, 3.63) is 95.9 Å². The maximum absolute atomic E-state index is 12.9. The monoisotopic (exact) mass is 316 g/mol. The third-order valence-corrected chi connectivity index (χ3v) is 4.13. The number of rotatable bonds is 3. The lowest BCUT2D eigenvalue weighted by molar-refractivity contribution is 0.0711. The molecule has 4 rings (SSSR count). The van der Waals surface area contributed by atoms with Crippen molar-refractivity contribution in [1.29, 1.82) is 0 Å². The van der Waals surface area contributed by atoms with Crippen LogP contribution in [-0.4, -0.2) is 16.6 Å². The molecule has 0 unspecified atom stereocenters. The Hall–Kier alpha value is -3.14. The summed E-state index contributed by atoms with van der Waals surface area (Å²) in [7, 11) is 0. The Bertz CT molecular complexity index is 855. The van der Waals surface area contributed by atoms with Crippen LogP contribution >= 0.6 is 0 Å².